The highest BCUT2D eigenvalue weighted by molar-refractivity contribution is 7.98. The summed E-state index contributed by atoms with van der Waals surface area (Å²) in [4.78, 5) is 16.6. The van der Waals surface area contributed by atoms with Crippen LogP contribution in [0.1, 0.15) is 17.9 Å². The molecule has 0 aliphatic rings. The van der Waals surface area contributed by atoms with Crippen LogP contribution in [0.25, 0.3) is 11.1 Å². The van der Waals surface area contributed by atoms with Crippen molar-refractivity contribution in [3.63, 3.8) is 0 Å². The van der Waals surface area contributed by atoms with Gasteiger partial charge >= 0.3 is 0 Å². The number of carbonyl (C=O) groups is 1. The van der Waals surface area contributed by atoms with E-state index in [9.17, 15) is 4.79 Å². The van der Waals surface area contributed by atoms with Crippen LogP contribution in [0.2, 0.25) is 0 Å². The maximum atomic E-state index is 12.1. The number of oxazole rings is 1. The quantitative estimate of drug-likeness (QED) is 0.678. The van der Waals surface area contributed by atoms with Gasteiger partial charge in [0.2, 0.25) is 5.91 Å². The first kappa shape index (κ1) is 17.5. The van der Waals surface area contributed by atoms with Gasteiger partial charge in [0.25, 0.3) is 0 Å². The van der Waals surface area contributed by atoms with Gasteiger partial charge in [0, 0.05) is 18.2 Å². The van der Waals surface area contributed by atoms with E-state index in [1.807, 2.05) is 48.7 Å². The first-order valence-electron chi connectivity index (χ1n) is 8.14. The van der Waals surface area contributed by atoms with E-state index in [2.05, 4.69) is 10.3 Å². The van der Waals surface area contributed by atoms with Crippen molar-refractivity contribution < 1.29 is 9.21 Å². The van der Waals surface area contributed by atoms with Crippen molar-refractivity contribution in [2.24, 2.45) is 5.73 Å². The number of amides is 1. The summed E-state index contributed by atoms with van der Waals surface area (Å²) in [7, 11) is 0. The Hall–Kier alpha value is -2.31. The van der Waals surface area contributed by atoms with Crippen LogP contribution in [0.15, 0.2) is 52.9 Å². The van der Waals surface area contributed by atoms with E-state index in [1.54, 1.807) is 17.8 Å². The Labute approximate surface area is 151 Å². The van der Waals surface area contributed by atoms with Crippen molar-refractivity contribution in [3.05, 3.63) is 60.0 Å². The van der Waals surface area contributed by atoms with Gasteiger partial charge in [-0.1, -0.05) is 30.3 Å². The number of nitrogens with zero attached hydrogens (tertiary/aromatic N) is 1. The zero-order valence-electron chi connectivity index (χ0n) is 14.1. The molecule has 25 heavy (non-hydrogen) atoms. The Balaban J connectivity index is 1.71. The molecule has 6 heteroatoms. The van der Waals surface area contributed by atoms with Gasteiger partial charge in [0.05, 0.1) is 6.04 Å². The van der Waals surface area contributed by atoms with E-state index in [1.165, 1.54) is 0 Å². The standard InChI is InChI=1S/C19H21N3O2S/c1-25-10-9-15(20)19(23)21-14-7-8-16-17(12-14)24-18(22-16)11-13-5-3-2-4-6-13/h2-8,12,15H,9-11,20H2,1H3,(H,21,23)/t15-/m0/s1. The zero-order chi connectivity index (χ0) is 17.6. The zero-order valence-corrected chi connectivity index (χ0v) is 14.9. The first-order valence-corrected chi connectivity index (χ1v) is 9.54. The molecule has 3 N–H and O–H groups in total. The summed E-state index contributed by atoms with van der Waals surface area (Å²) in [6.45, 7) is 0. The lowest BCUT2D eigenvalue weighted by molar-refractivity contribution is -0.117. The van der Waals surface area contributed by atoms with Gasteiger partial charge in [0.15, 0.2) is 11.5 Å². The van der Waals surface area contributed by atoms with Crippen LogP contribution in [0.4, 0.5) is 5.69 Å². The first-order chi connectivity index (χ1) is 12.2. The topological polar surface area (TPSA) is 81.2 Å². The van der Waals surface area contributed by atoms with Crippen molar-refractivity contribution in [1.82, 2.24) is 4.98 Å². The van der Waals surface area contributed by atoms with E-state index in [-0.39, 0.29) is 5.91 Å². The van der Waals surface area contributed by atoms with Gasteiger partial charge in [-0.3, -0.25) is 4.79 Å². The lowest BCUT2D eigenvalue weighted by Gasteiger charge is -2.11. The van der Waals surface area contributed by atoms with Gasteiger partial charge in [-0.05, 0) is 36.1 Å². The smallest absolute Gasteiger partial charge is 0.241 e. The largest absolute Gasteiger partial charge is 0.440 e. The lowest BCUT2D eigenvalue weighted by Crippen LogP contribution is -2.36. The molecule has 0 saturated heterocycles. The summed E-state index contributed by atoms with van der Waals surface area (Å²) < 4.78 is 5.82. The van der Waals surface area contributed by atoms with Crippen LogP contribution in [0, 0.1) is 0 Å². The second-order valence-electron chi connectivity index (χ2n) is 5.83. The van der Waals surface area contributed by atoms with E-state index < -0.39 is 6.04 Å². The molecule has 1 amide bonds. The molecule has 0 saturated carbocycles. The van der Waals surface area contributed by atoms with Crippen LogP contribution in [0.3, 0.4) is 0 Å². The molecule has 3 aromatic rings. The highest BCUT2D eigenvalue weighted by atomic mass is 32.2. The fraction of sp³-hybridized carbons (Fsp3) is 0.263. The number of nitrogens with one attached hydrogen (secondary N) is 1. The van der Waals surface area contributed by atoms with Crippen LogP contribution in [-0.2, 0) is 11.2 Å². The van der Waals surface area contributed by atoms with Crippen LogP contribution >= 0.6 is 11.8 Å². The van der Waals surface area contributed by atoms with Crippen molar-refractivity contribution >= 4 is 34.5 Å². The minimum atomic E-state index is -0.508. The molecule has 0 aliphatic carbocycles. The van der Waals surface area contributed by atoms with Crippen molar-refractivity contribution in [3.8, 4) is 0 Å². The Morgan fingerprint density at radius 1 is 1.28 bits per heavy atom. The average Bonchev–Trinajstić information content (AvgIpc) is 3.01. The van der Waals surface area contributed by atoms with E-state index in [4.69, 9.17) is 10.2 Å². The number of anilines is 1. The summed E-state index contributed by atoms with van der Waals surface area (Å²) >= 11 is 1.68. The summed E-state index contributed by atoms with van der Waals surface area (Å²) in [5.41, 5.74) is 9.13. The van der Waals surface area contributed by atoms with E-state index >= 15 is 0 Å². The third-order valence-electron chi connectivity index (χ3n) is 3.87. The van der Waals surface area contributed by atoms with Gasteiger partial charge < -0.3 is 15.5 Å². The Kier molecular flexibility index (Phi) is 5.73. The fourth-order valence-corrected chi connectivity index (χ4v) is 3.00. The maximum Gasteiger partial charge on any atom is 0.241 e. The Morgan fingerprint density at radius 3 is 2.84 bits per heavy atom. The summed E-state index contributed by atoms with van der Waals surface area (Å²) in [6.07, 6.45) is 3.28. The molecule has 0 fully saturated rings. The molecule has 0 aliphatic heterocycles. The lowest BCUT2D eigenvalue weighted by atomic mass is 10.1. The minimum absolute atomic E-state index is 0.183. The van der Waals surface area contributed by atoms with E-state index in [0.717, 1.165) is 16.8 Å². The summed E-state index contributed by atoms with van der Waals surface area (Å²) in [5.74, 6) is 1.33. The second kappa shape index (κ2) is 8.18. The molecule has 130 valence electrons. The number of thioether (sulfide) groups is 1. The highest BCUT2D eigenvalue weighted by Crippen LogP contribution is 2.22. The molecule has 1 heterocycles. The molecule has 1 aromatic heterocycles. The van der Waals surface area contributed by atoms with Gasteiger partial charge in [-0.2, -0.15) is 11.8 Å². The number of nitrogens with two attached hydrogens (primary N) is 1. The molecule has 0 unspecified atom stereocenters. The number of hydrogen-bond acceptors (Lipinski definition) is 5. The monoisotopic (exact) mass is 355 g/mol. The number of benzene rings is 2. The molecule has 3 rings (SSSR count). The molecular formula is C19H21N3O2S. The van der Waals surface area contributed by atoms with Crippen molar-refractivity contribution in [2.45, 2.75) is 18.9 Å². The molecule has 2 aromatic carbocycles. The SMILES string of the molecule is CSCC[C@H](N)C(=O)Nc1ccc2nc(Cc3ccccc3)oc2c1. The van der Waals surface area contributed by atoms with Gasteiger partial charge in [-0.25, -0.2) is 4.98 Å². The van der Waals surface area contributed by atoms with Gasteiger partial charge in [-0.15, -0.1) is 0 Å². The normalized spacial score (nSPS) is 12.2. The molecule has 5 nitrogen and oxygen atoms in total. The second-order valence-corrected chi connectivity index (χ2v) is 6.82. The minimum Gasteiger partial charge on any atom is -0.440 e. The molecule has 0 spiro atoms. The molecule has 0 bridgehead atoms. The van der Waals surface area contributed by atoms with Crippen molar-refractivity contribution in [1.29, 1.82) is 0 Å². The number of aromatic nitrogens is 1. The Bertz CT molecular complexity index is 848. The predicted molar refractivity (Wildman–Crippen MR) is 103 cm³/mol. The van der Waals surface area contributed by atoms with E-state index in [0.29, 0.717) is 30.0 Å². The highest BCUT2D eigenvalue weighted by Gasteiger charge is 2.14. The summed E-state index contributed by atoms with van der Waals surface area (Å²) in [6, 6.07) is 15.0. The third-order valence-corrected chi connectivity index (χ3v) is 4.51. The molecular weight excluding hydrogens is 334 g/mol. The van der Waals surface area contributed by atoms with Crippen LogP contribution in [-0.4, -0.2) is 28.9 Å². The number of fused-ring (bicyclic) bond motifs is 1. The van der Waals surface area contributed by atoms with Crippen molar-refractivity contribution in [2.75, 3.05) is 17.3 Å². The maximum absolute atomic E-state index is 12.1. The molecule has 1 atom stereocenters. The van der Waals surface area contributed by atoms with Gasteiger partial charge in [0.1, 0.15) is 5.52 Å². The number of rotatable bonds is 7. The van der Waals surface area contributed by atoms with Crippen LogP contribution < -0.4 is 11.1 Å². The fourth-order valence-electron chi connectivity index (χ4n) is 2.51. The number of carbonyl (C=O) groups excluding carboxylic acids is 1. The Morgan fingerprint density at radius 2 is 2.08 bits per heavy atom. The number of hydrogen-bond donors (Lipinski definition) is 2. The third kappa shape index (κ3) is 4.61. The average molecular weight is 355 g/mol. The van der Waals surface area contributed by atoms with Crippen LogP contribution in [0.5, 0.6) is 0 Å². The summed E-state index contributed by atoms with van der Waals surface area (Å²) in [5, 5.41) is 2.84. The molecule has 0 radical (unpaired) electrons. The predicted octanol–water partition coefficient (Wildman–Crippen LogP) is 3.44.